The molecule has 0 saturated carbocycles. The lowest BCUT2D eigenvalue weighted by Crippen LogP contribution is -2.30. The normalized spacial score (nSPS) is 23.1. The van der Waals surface area contributed by atoms with Crippen molar-refractivity contribution in [1.82, 2.24) is 29.5 Å². The minimum Gasteiger partial charge on any atom is -0.458 e. The van der Waals surface area contributed by atoms with E-state index in [0.29, 0.717) is 34.7 Å². The first kappa shape index (κ1) is 36.5. The molecule has 2 aliphatic rings. The fourth-order valence-corrected chi connectivity index (χ4v) is 6.46. The number of aromatic nitrogens is 6. The number of nitrogens with two attached hydrogens (primary N) is 1. The maximum Gasteiger partial charge on any atom is 0.311 e. The Morgan fingerprint density at radius 2 is 1.50 bits per heavy atom. The molecule has 2 fully saturated rings. The number of aryl methyl sites for hydroxylation is 1. The molecule has 6 heterocycles. The predicted octanol–water partition coefficient (Wildman–Crippen LogP) is 2.76. The summed E-state index contributed by atoms with van der Waals surface area (Å²) in [6.45, 7) is 9.71. The number of anilines is 1. The van der Waals surface area contributed by atoms with Crippen LogP contribution < -0.4 is 15.5 Å². The molecule has 4 aromatic rings. The van der Waals surface area contributed by atoms with Gasteiger partial charge in [-0.2, -0.15) is 4.98 Å². The van der Waals surface area contributed by atoms with E-state index in [4.69, 9.17) is 29.4 Å². The summed E-state index contributed by atoms with van der Waals surface area (Å²) in [7, 11) is 0. The number of nitrogen functional groups attached to an aromatic ring is 1. The van der Waals surface area contributed by atoms with Crippen LogP contribution in [-0.2, 0) is 38.1 Å². The van der Waals surface area contributed by atoms with E-state index in [1.807, 2.05) is 13.8 Å². The largest absolute Gasteiger partial charge is 0.458 e. The number of nitrogens with one attached hydrogen (secondary N) is 1. The maximum absolute atomic E-state index is 12.4. The first-order valence-electron chi connectivity index (χ1n) is 15.1. The van der Waals surface area contributed by atoms with Crippen LogP contribution in [0.5, 0.6) is 0 Å². The van der Waals surface area contributed by atoms with Crippen LogP contribution in [0.3, 0.4) is 0 Å². The molecule has 3 N–H and O–H groups in total. The predicted molar refractivity (Wildman–Crippen MR) is 174 cm³/mol. The fraction of sp³-hybridized carbons (Fsp3) is 0.552. The third kappa shape index (κ3) is 9.39. The smallest absolute Gasteiger partial charge is 0.311 e. The van der Waals surface area contributed by atoms with Gasteiger partial charge in [0.05, 0.1) is 34.0 Å². The van der Waals surface area contributed by atoms with Crippen LogP contribution in [0, 0.1) is 6.92 Å². The number of esters is 3. The van der Waals surface area contributed by atoms with Crippen LogP contribution in [0.15, 0.2) is 22.0 Å². The Bertz CT molecular complexity index is 1850. The van der Waals surface area contributed by atoms with Crippen LogP contribution in [0.1, 0.15) is 72.4 Å². The summed E-state index contributed by atoms with van der Waals surface area (Å²) in [6, 6.07) is 0. The number of thiazole rings is 2. The summed E-state index contributed by atoms with van der Waals surface area (Å²) in [4.78, 5) is 74.2. The van der Waals surface area contributed by atoms with Gasteiger partial charge in [-0.05, 0) is 19.8 Å². The van der Waals surface area contributed by atoms with Crippen molar-refractivity contribution < 1.29 is 38.1 Å². The van der Waals surface area contributed by atoms with Gasteiger partial charge in [-0.1, -0.05) is 36.5 Å². The minimum absolute atomic E-state index is 0.0151. The summed E-state index contributed by atoms with van der Waals surface area (Å²) in [5, 5.41) is 0. The molecule has 1 unspecified atom stereocenters. The molecule has 48 heavy (non-hydrogen) atoms. The number of ether oxygens (including phenoxy) is 5. The van der Waals surface area contributed by atoms with Crippen LogP contribution in [0.25, 0.3) is 20.7 Å². The second-order valence-corrected chi connectivity index (χ2v) is 12.8. The Morgan fingerprint density at radius 1 is 0.896 bits per heavy atom. The summed E-state index contributed by atoms with van der Waals surface area (Å²) in [5.74, 6) is -0.458. The average Bonchev–Trinajstić information content (AvgIpc) is 3.76. The van der Waals surface area contributed by atoms with Crippen LogP contribution in [-0.4, -0.2) is 78.1 Å². The van der Waals surface area contributed by atoms with Crippen molar-refractivity contribution >= 4 is 67.2 Å². The highest BCUT2D eigenvalue weighted by Gasteiger charge is 2.40. The first-order valence-corrected chi connectivity index (χ1v) is 16.7. The molecule has 6 atom stereocenters. The van der Waals surface area contributed by atoms with Gasteiger partial charge in [-0.15, -0.1) is 0 Å². The molecule has 0 aromatic carbocycles. The average molecular weight is 708 g/mol. The Hall–Kier alpha value is -4.33. The Kier molecular flexibility index (Phi) is 12.3. The van der Waals surface area contributed by atoms with E-state index < -0.39 is 36.7 Å². The molecule has 0 radical (unpaired) electrons. The SMILES string of the molecule is CC[C@@H]1C[C@@H](OC(C)=O)C(OC(C)=O)O1.CC[C@@H]1C[C@@H](OC(C)=O)[C@H](n2c(=O)sc3cnc(C)nc32)O1.Nc1ncc2sc(=O)[nH]c2n1. The molecule has 17 nitrogen and oxygen atoms in total. The number of rotatable bonds is 6. The van der Waals surface area contributed by atoms with E-state index in [0.717, 1.165) is 40.2 Å². The molecule has 0 aliphatic carbocycles. The number of carbonyl (C=O) groups excluding carboxylic acids is 3. The second-order valence-electron chi connectivity index (χ2n) is 10.8. The van der Waals surface area contributed by atoms with Crippen molar-refractivity contribution in [1.29, 1.82) is 0 Å². The number of carbonyl (C=O) groups is 3. The monoisotopic (exact) mass is 707 g/mol. The van der Waals surface area contributed by atoms with Gasteiger partial charge >= 0.3 is 27.7 Å². The van der Waals surface area contributed by atoms with Gasteiger partial charge in [-0.25, -0.2) is 15.0 Å². The van der Waals surface area contributed by atoms with Gasteiger partial charge in [0.1, 0.15) is 11.9 Å². The summed E-state index contributed by atoms with van der Waals surface area (Å²) < 4.78 is 29.5. The van der Waals surface area contributed by atoms with Gasteiger partial charge in [0.25, 0.3) is 0 Å². The molecule has 6 rings (SSSR count). The number of nitrogens with zero attached hydrogens (tertiary/aromatic N) is 5. The van der Waals surface area contributed by atoms with Gasteiger partial charge in [-0.3, -0.25) is 33.5 Å². The summed E-state index contributed by atoms with van der Waals surface area (Å²) in [6.07, 6.45) is 3.51. The van der Waals surface area contributed by atoms with Crippen molar-refractivity contribution in [2.24, 2.45) is 0 Å². The lowest BCUT2D eigenvalue weighted by Gasteiger charge is -2.19. The molecule has 19 heteroatoms. The third-order valence-corrected chi connectivity index (χ3v) is 8.71. The second kappa shape index (κ2) is 16.2. The Labute approximate surface area is 281 Å². The standard InChI is InChI=1S/C14H17N3O4S.C10H16O5.C5H4N4OS/c1-4-9-5-10(20-8(3)18)13(21-9)17-12-11(22-14(17)19)6-15-7(2)16-12;1-4-8-5-9(13-6(2)11)10(15-8)14-7(3)12;6-4-7-1-2-3(8-4)9-5(10)11-2/h6,9-10,13H,4-5H2,1-3H3;8-10H,4-5H2,1-3H3;1H,(H3,6,7,8,9,10)/t9-,10-,13-;8-,9-,10?;/m11./s1. The molecule has 0 bridgehead atoms. The number of fused-ring (bicyclic) bond motifs is 2. The van der Waals surface area contributed by atoms with Crippen LogP contribution in [0.2, 0.25) is 0 Å². The Balaban J connectivity index is 0.000000174. The van der Waals surface area contributed by atoms with E-state index in [2.05, 4.69) is 24.9 Å². The van der Waals surface area contributed by atoms with Gasteiger partial charge < -0.3 is 29.4 Å². The maximum atomic E-state index is 12.4. The first-order chi connectivity index (χ1) is 22.8. The highest BCUT2D eigenvalue weighted by atomic mass is 32.1. The molecular weight excluding hydrogens is 670 g/mol. The molecule has 0 amide bonds. The third-order valence-electron chi connectivity index (χ3n) is 7.03. The van der Waals surface area contributed by atoms with Crippen LogP contribution in [0.4, 0.5) is 5.95 Å². The molecule has 0 spiro atoms. The number of H-pyrrole nitrogens is 1. The van der Waals surface area contributed by atoms with Crippen LogP contribution >= 0.6 is 22.7 Å². The number of hydrogen-bond acceptors (Lipinski definition) is 17. The zero-order valence-electron chi connectivity index (χ0n) is 27.2. The van der Waals surface area contributed by atoms with E-state index >= 15 is 0 Å². The Morgan fingerprint density at radius 3 is 2.15 bits per heavy atom. The van der Waals surface area contributed by atoms with Gasteiger partial charge in [0, 0.05) is 33.6 Å². The van der Waals surface area contributed by atoms with Crippen molar-refractivity contribution in [3.05, 3.63) is 37.6 Å². The summed E-state index contributed by atoms with van der Waals surface area (Å²) in [5.41, 5.74) is 6.33. The van der Waals surface area contributed by atoms with E-state index in [1.165, 1.54) is 31.5 Å². The number of aromatic amines is 1. The topological polar surface area (TPSA) is 230 Å². The van der Waals surface area contributed by atoms with E-state index in [-0.39, 0.29) is 33.9 Å². The van der Waals surface area contributed by atoms with Crippen molar-refractivity contribution in [3.63, 3.8) is 0 Å². The van der Waals surface area contributed by atoms with E-state index in [1.54, 1.807) is 13.1 Å². The fourth-order valence-electron chi connectivity index (χ4n) is 4.99. The van der Waals surface area contributed by atoms with Gasteiger partial charge in [0.15, 0.2) is 23.6 Å². The van der Waals surface area contributed by atoms with Crippen molar-refractivity contribution in [3.8, 4) is 0 Å². The summed E-state index contributed by atoms with van der Waals surface area (Å²) >= 11 is 2.14. The molecule has 2 aliphatic heterocycles. The highest BCUT2D eigenvalue weighted by molar-refractivity contribution is 7.16. The molecule has 4 aromatic heterocycles. The molecular formula is C29H37N7O10S2. The quantitative estimate of drug-likeness (QED) is 0.217. The van der Waals surface area contributed by atoms with E-state index in [9.17, 15) is 24.0 Å². The highest BCUT2D eigenvalue weighted by Crippen LogP contribution is 2.34. The number of hydrogen-bond donors (Lipinski definition) is 2. The molecule has 2 saturated heterocycles. The van der Waals surface area contributed by atoms with Crippen molar-refractivity contribution in [2.45, 2.75) is 104 Å². The molecule has 260 valence electrons. The van der Waals surface area contributed by atoms with Crippen molar-refractivity contribution in [2.75, 3.05) is 5.73 Å². The lowest BCUT2D eigenvalue weighted by atomic mass is 10.1. The zero-order valence-corrected chi connectivity index (χ0v) is 28.8. The van der Waals surface area contributed by atoms with Gasteiger partial charge in [0.2, 0.25) is 12.2 Å². The lowest BCUT2D eigenvalue weighted by molar-refractivity contribution is -0.194. The minimum atomic E-state index is -0.753. The zero-order chi connectivity index (χ0) is 35.1.